The van der Waals surface area contributed by atoms with Crippen molar-refractivity contribution in [3.05, 3.63) is 64.0 Å². The molecule has 1 N–H and O–H groups in total. The lowest BCUT2D eigenvalue weighted by Gasteiger charge is -2.07. The molecule has 0 atom stereocenters. The molecule has 0 aliphatic rings. The van der Waals surface area contributed by atoms with Gasteiger partial charge in [0, 0.05) is 30.6 Å². The van der Waals surface area contributed by atoms with Crippen LogP contribution in [-0.2, 0) is 6.54 Å². The van der Waals surface area contributed by atoms with Crippen LogP contribution in [0.3, 0.4) is 0 Å². The van der Waals surface area contributed by atoms with E-state index in [0.717, 1.165) is 5.56 Å². The zero-order valence-corrected chi connectivity index (χ0v) is 12.0. The van der Waals surface area contributed by atoms with Crippen molar-refractivity contribution in [3.8, 4) is 5.75 Å². The molecule has 7 nitrogen and oxygen atoms in total. The van der Waals surface area contributed by atoms with Crippen LogP contribution in [0, 0.1) is 10.1 Å². The Morgan fingerprint density at radius 3 is 2.68 bits per heavy atom. The van der Waals surface area contributed by atoms with Crippen LogP contribution in [0.4, 0.5) is 5.69 Å². The van der Waals surface area contributed by atoms with Crippen LogP contribution in [0.2, 0.25) is 0 Å². The van der Waals surface area contributed by atoms with Crippen molar-refractivity contribution in [3.63, 3.8) is 0 Å². The monoisotopic (exact) mass is 301 g/mol. The van der Waals surface area contributed by atoms with Gasteiger partial charge in [-0.2, -0.15) is 0 Å². The molecule has 0 fully saturated rings. The number of rotatable bonds is 6. The number of nitro benzene ring substituents is 1. The fourth-order valence-corrected chi connectivity index (χ4v) is 1.86. The van der Waals surface area contributed by atoms with Crippen molar-refractivity contribution in [2.75, 3.05) is 6.61 Å². The molecule has 2 aromatic rings. The SMILES string of the molecule is CCOc1ccc(C(=O)NCc2ccncc2)cc1[N+](=O)[O-]. The molecular weight excluding hydrogens is 286 g/mol. The van der Waals surface area contributed by atoms with Gasteiger partial charge in [0.2, 0.25) is 0 Å². The van der Waals surface area contributed by atoms with Crippen LogP contribution < -0.4 is 10.1 Å². The van der Waals surface area contributed by atoms with E-state index in [-0.39, 0.29) is 22.9 Å². The molecule has 1 amide bonds. The van der Waals surface area contributed by atoms with Gasteiger partial charge < -0.3 is 10.1 Å². The first-order valence-corrected chi connectivity index (χ1v) is 6.70. The number of aromatic nitrogens is 1. The molecular formula is C15H15N3O4. The normalized spacial score (nSPS) is 10.0. The van der Waals surface area contributed by atoms with Gasteiger partial charge in [-0.3, -0.25) is 19.9 Å². The minimum atomic E-state index is -0.565. The van der Waals surface area contributed by atoms with E-state index in [4.69, 9.17) is 4.74 Å². The Balaban J connectivity index is 2.12. The van der Waals surface area contributed by atoms with Gasteiger partial charge in [0.15, 0.2) is 5.75 Å². The van der Waals surface area contributed by atoms with E-state index in [9.17, 15) is 14.9 Å². The van der Waals surface area contributed by atoms with E-state index in [1.54, 1.807) is 31.5 Å². The van der Waals surface area contributed by atoms with Crippen LogP contribution in [0.15, 0.2) is 42.7 Å². The van der Waals surface area contributed by atoms with Gasteiger partial charge in [-0.25, -0.2) is 0 Å². The van der Waals surface area contributed by atoms with Crippen LogP contribution >= 0.6 is 0 Å². The number of pyridine rings is 1. The number of nitro groups is 1. The van der Waals surface area contributed by atoms with Gasteiger partial charge in [0.1, 0.15) is 0 Å². The van der Waals surface area contributed by atoms with Crippen LogP contribution in [0.1, 0.15) is 22.8 Å². The number of benzene rings is 1. The van der Waals surface area contributed by atoms with Gasteiger partial charge in [-0.05, 0) is 36.8 Å². The Morgan fingerprint density at radius 1 is 1.32 bits per heavy atom. The minimum Gasteiger partial charge on any atom is -0.487 e. The highest BCUT2D eigenvalue weighted by Crippen LogP contribution is 2.27. The number of nitrogens with one attached hydrogen (secondary N) is 1. The van der Waals surface area contributed by atoms with Crippen molar-refractivity contribution in [1.82, 2.24) is 10.3 Å². The predicted molar refractivity (Wildman–Crippen MR) is 79.7 cm³/mol. The number of nitrogens with zero attached hydrogens (tertiary/aromatic N) is 2. The third-order valence-electron chi connectivity index (χ3n) is 2.92. The molecule has 1 aromatic carbocycles. The van der Waals surface area contributed by atoms with Gasteiger partial charge in [-0.1, -0.05) is 0 Å². The van der Waals surface area contributed by atoms with Gasteiger partial charge in [-0.15, -0.1) is 0 Å². The summed E-state index contributed by atoms with van der Waals surface area (Å²) < 4.78 is 5.18. The number of hydrogen-bond donors (Lipinski definition) is 1. The van der Waals surface area contributed by atoms with Gasteiger partial charge in [0.05, 0.1) is 11.5 Å². The fourth-order valence-electron chi connectivity index (χ4n) is 1.86. The first kappa shape index (κ1) is 15.4. The Kier molecular flexibility index (Phi) is 5.02. The smallest absolute Gasteiger partial charge is 0.311 e. The maximum Gasteiger partial charge on any atom is 0.311 e. The Hall–Kier alpha value is -2.96. The summed E-state index contributed by atoms with van der Waals surface area (Å²) in [7, 11) is 0. The zero-order chi connectivity index (χ0) is 15.9. The summed E-state index contributed by atoms with van der Waals surface area (Å²) in [5.41, 5.74) is 0.881. The maximum atomic E-state index is 12.1. The predicted octanol–water partition coefficient (Wildman–Crippen LogP) is 2.32. The molecule has 0 spiro atoms. The van der Waals surface area contributed by atoms with Crippen LogP contribution in [-0.4, -0.2) is 22.4 Å². The van der Waals surface area contributed by atoms with Crippen LogP contribution in [0.5, 0.6) is 5.75 Å². The van der Waals surface area contributed by atoms with E-state index in [1.807, 2.05) is 0 Å². The fraction of sp³-hybridized carbons (Fsp3) is 0.200. The molecule has 0 aliphatic heterocycles. The van der Waals surface area contributed by atoms with Gasteiger partial charge >= 0.3 is 5.69 Å². The summed E-state index contributed by atoms with van der Waals surface area (Å²) >= 11 is 0. The van der Waals surface area contributed by atoms with E-state index in [2.05, 4.69) is 10.3 Å². The summed E-state index contributed by atoms with van der Waals surface area (Å²) in [5.74, 6) is -0.235. The topological polar surface area (TPSA) is 94.4 Å². The van der Waals surface area contributed by atoms with Crippen molar-refractivity contribution >= 4 is 11.6 Å². The van der Waals surface area contributed by atoms with Crippen molar-refractivity contribution < 1.29 is 14.5 Å². The number of carbonyl (C=O) groups is 1. The van der Waals surface area contributed by atoms with Crippen molar-refractivity contribution in [2.45, 2.75) is 13.5 Å². The lowest BCUT2D eigenvalue weighted by molar-refractivity contribution is -0.385. The molecule has 114 valence electrons. The Morgan fingerprint density at radius 2 is 2.05 bits per heavy atom. The molecule has 22 heavy (non-hydrogen) atoms. The largest absolute Gasteiger partial charge is 0.487 e. The van der Waals surface area contributed by atoms with Crippen molar-refractivity contribution in [1.29, 1.82) is 0 Å². The molecule has 7 heteroatoms. The average Bonchev–Trinajstić information content (AvgIpc) is 2.54. The van der Waals surface area contributed by atoms with E-state index < -0.39 is 4.92 Å². The molecule has 1 aromatic heterocycles. The van der Waals surface area contributed by atoms with Crippen LogP contribution in [0.25, 0.3) is 0 Å². The van der Waals surface area contributed by atoms with E-state index in [1.165, 1.54) is 18.2 Å². The number of ether oxygens (including phenoxy) is 1. The molecule has 0 radical (unpaired) electrons. The van der Waals surface area contributed by atoms with Crippen molar-refractivity contribution in [2.24, 2.45) is 0 Å². The lowest BCUT2D eigenvalue weighted by Crippen LogP contribution is -2.22. The lowest BCUT2D eigenvalue weighted by atomic mass is 10.1. The first-order valence-electron chi connectivity index (χ1n) is 6.70. The Labute approximate surface area is 127 Å². The third kappa shape index (κ3) is 3.78. The molecule has 0 unspecified atom stereocenters. The maximum absolute atomic E-state index is 12.1. The van der Waals surface area contributed by atoms with Gasteiger partial charge in [0.25, 0.3) is 5.91 Å². The highest BCUT2D eigenvalue weighted by molar-refractivity contribution is 5.95. The average molecular weight is 301 g/mol. The second-order valence-corrected chi connectivity index (χ2v) is 4.41. The summed E-state index contributed by atoms with van der Waals surface area (Å²) in [6, 6.07) is 7.71. The van der Waals surface area contributed by atoms with E-state index >= 15 is 0 Å². The molecule has 0 aliphatic carbocycles. The molecule has 0 saturated carbocycles. The Bertz CT molecular complexity index is 674. The zero-order valence-electron chi connectivity index (χ0n) is 12.0. The number of hydrogen-bond acceptors (Lipinski definition) is 5. The second kappa shape index (κ2) is 7.16. The summed E-state index contributed by atoms with van der Waals surface area (Å²) in [4.78, 5) is 26.4. The standard InChI is InChI=1S/C15H15N3O4/c1-2-22-14-4-3-12(9-13(14)18(20)21)15(19)17-10-11-5-7-16-8-6-11/h3-9H,2,10H2,1H3,(H,17,19). The highest BCUT2D eigenvalue weighted by Gasteiger charge is 2.18. The molecule has 1 heterocycles. The molecule has 0 bridgehead atoms. The quantitative estimate of drug-likeness (QED) is 0.652. The third-order valence-corrected chi connectivity index (χ3v) is 2.92. The molecule has 2 rings (SSSR count). The number of carbonyl (C=O) groups excluding carboxylic acids is 1. The molecule has 0 saturated heterocycles. The summed E-state index contributed by atoms with van der Waals surface area (Å²) in [6.07, 6.45) is 3.26. The minimum absolute atomic E-state index is 0.151. The first-order chi connectivity index (χ1) is 10.6. The van der Waals surface area contributed by atoms with E-state index in [0.29, 0.717) is 13.2 Å². The highest BCUT2D eigenvalue weighted by atomic mass is 16.6. The second-order valence-electron chi connectivity index (χ2n) is 4.41. The number of amides is 1. The summed E-state index contributed by atoms with van der Waals surface area (Å²) in [5, 5.41) is 13.7. The summed E-state index contributed by atoms with van der Waals surface area (Å²) in [6.45, 7) is 2.37.